The molecule has 0 radical (unpaired) electrons. The molecule has 47 heavy (non-hydrogen) atoms. The third-order valence-corrected chi connectivity index (χ3v) is 14.1. The van der Waals surface area contributed by atoms with Crippen molar-refractivity contribution in [1.82, 2.24) is 0 Å². The molecule has 10 aliphatic rings. The Balaban J connectivity index is 0.860. The molecule has 12 heteroatoms. The zero-order valence-corrected chi connectivity index (χ0v) is 29.5. The lowest BCUT2D eigenvalue weighted by atomic mass is 9.57. The Kier molecular flexibility index (Phi) is 8.90. The standard InChI is InChI=1S/C35H57BO11/c1-20-8-10-26-22(3)28(40-30-34(26)24(20)12-16-32(5,42-30)44-46-34)14-18-38-36(37-7)39-19-15-29-23(4)27-11-9-21(2)25-13-17-33(6)43-31(41-29)35(25,27)47-45-33/h20-31H,8-19H2,1-7H3/t20-,21-,22-,23-,24?,25?,26?,27?,28-,29-,30-,31-,32+,33+,34-,35-/m1/s1. The van der Waals surface area contributed by atoms with Gasteiger partial charge in [-0.3, -0.25) is 0 Å². The Morgan fingerprint density at radius 1 is 0.596 bits per heavy atom. The van der Waals surface area contributed by atoms with E-state index in [-0.39, 0.29) is 24.0 Å². The zero-order valence-electron chi connectivity index (χ0n) is 29.5. The zero-order chi connectivity index (χ0) is 32.8. The molecule has 2 spiro atoms. The fraction of sp³-hybridized carbons (Fsp3) is 1.00. The van der Waals surface area contributed by atoms with Gasteiger partial charge in [0.25, 0.3) is 0 Å². The minimum Gasteiger partial charge on any atom is -0.389 e. The number of hydrogen-bond donors (Lipinski definition) is 0. The Hall–Kier alpha value is -0.375. The lowest BCUT2D eigenvalue weighted by Crippen LogP contribution is -2.70. The first-order chi connectivity index (χ1) is 22.5. The fourth-order valence-electron chi connectivity index (χ4n) is 11.4. The van der Waals surface area contributed by atoms with Gasteiger partial charge in [-0.15, -0.1) is 0 Å². The van der Waals surface area contributed by atoms with Crippen molar-refractivity contribution < 1.29 is 52.5 Å². The summed E-state index contributed by atoms with van der Waals surface area (Å²) in [5.74, 6) is 1.42. The van der Waals surface area contributed by atoms with Crippen molar-refractivity contribution in [3.05, 3.63) is 0 Å². The van der Waals surface area contributed by atoms with Gasteiger partial charge in [0.2, 0.25) is 11.6 Å². The summed E-state index contributed by atoms with van der Waals surface area (Å²) in [7, 11) is 0.846. The molecule has 2 saturated carbocycles. The van der Waals surface area contributed by atoms with Gasteiger partial charge in [-0.1, -0.05) is 27.7 Å². The molecule has 266 valence electrons. The van der Waals surface area contributed by atoms with Crippen molar-refractivity contribution in [2.45, 2.75) is 153 Å². The molecule has 8 heterocycles. The summed E-state index contributed by atoms with van der Waals surface area (Å²) in [6, 6.07) is 0. The molecule has 0 aromatic heterocycles. The first kappa shape index (κ1) is 33.8. The summed E-state index contributed by atoms with van der Waals surface area (Å²) in [4.78, 5) is 24.5. The number of fused-ring (bicyclic) bond motifs is 4. The van der Waals surface area contributed by atoms with E-state index in [9.17, 15) is 0 Å². The van der Waals surface area contributed by atoms with Gasteiger partial charge < -0.3 is 32.9 Å². The van der Waals surface area contributed by atoms with Crippen LogP contribution in [0, 0.1) is 47.3 Å². The summed E-state index contributed by atoms with van der Waals surface area (Å²) in [6.07, 6.45) is 8.71. The predicted octanol–water partition coefficient (Wildman–Crippen LogP) is 5.93. The van der Waals surface area contributed by atoms with Gasteiger partial charge >= 0.3 is 7.32 Å². The molecule has 0 amide bonds. The summed E-state index contributed by atoms with van der Waals surface area (Å²) in [5, 5.41) is 0. The maximum atomic E-state index is 6.73. The predicted molar refractivity (Wildman–Crippen MR) is 168 cm³/mol. The Bertz CT molecular complexity index is 1060. The average molecular weight is 665 g/mol. The van der Waals surface area contributed by atoms with Crippen LogP contribution in [-0.4, -0.2) is 75.2 Å². The van der Waals surface area contributed by atoms with E-state index in [4.69, 9.17) is 52.5 Å². The molecule has 0 aromatic rings. The van der Waals surface area contributed by atoms with Crippen LogP contribution in [0.25, 0.3) is 0 Å². The molecule has 4 unspecified atom stereocenters. The van der Waals surface area contributed by atoms with Crippen LogP contribution < -0.4 is 0 Å². The molecule has 8 aliphatic heterocycles. The van der Waals surface area contributed by atoms with E-state index >= 15 is 0 Å². The highest BCUT2D eigenvalue weighted by Gasteiger charge is 2.70. The minimum absolute atomic E-state index is 0.0254. The average Bonchev–Trinajstić information content (AvgIpc) is 3.42. The second-order valence-electron chi connectivity index (χ2n) is 16.7. The van der Waals surface area contributed by atoms with Gasteiger partial charge in [0.05, 0.1) is 12.2 Å². The highest BCUT2D eigenvalue weighted by atomic mass is 17.3. The summed E-state index contributed by atoms with van der Waals surface area (Å²) in [5.41, 5.74) is -1.09. The van der Waals surface area contributed by atoms with Crippen LogP contribution in [0.2, 0.25) is 0 Å². The summed E-state index contributed by atoms with van der Waals surface area (Å²) in [6.45, 7) is 14.1. The largest absolute Gasteiger partial charge is 0.639 e. The molecule has 4 bridgehead atoms. The van der Waals surface area contributed by atoms with Gasteiger partial charge in [0.15, 0.2) is 23.8 Å². The van der Waals surface area contributed by atoms with Gasteiger partial charge in [-0.25, -0.2) is 19.6 Å². The smallest absolute Gasteiger partial charge is 0.389 e. The summed E-state index contributed by atoms with van der Waals surface area (Å²) < 4.78 is 44.4. The highest BCUT2D eigenvalue weighted by molar-refractivity contribution is 6.36. The van der Waals surface area contributed by atoms with Gasteiger partial charge in [-0.05, 0) is 101 Å². The second-order valence-corrected chi connectivity index (χ2v) is 16.7. The third-order valence-electron chi connectivity index (χ3n) is 14.1. The lowest BCUT2D eigenvalue weighted by Gasteiger charge is -2.60. The molecule has 0 N–H and O–H groups in total. The molecule has 11 nitrogen and oxygen atoms in total. The molecule has 8 saturated heterocycles. The third kappa shape index (κ3) is 5.33. The van der Waals surface area contributed by atoms with Crippen LogP contribution in [-0.2, 0) is 52.5 Å². The van der Waals surface area contributed by atoms with Crippen LogP contribution in [0.1, 0.15) is 106 Å². The van der Waals surface area contributed by atoms with Crippen molar-refractivity contribution >= 4 is 7.32 Å². The van der Waals surface area contributed by atoms with Crippen molar-refractivity contribution in [1.29, 1.82) is 0 Å². The molecule has 2 aliphatic carbocycles. The molecule has 16 atom stereocenters. The normalized spacial score (nSPS) is 54.7. The van der Waals surface area contributed by atoms with E-state index in [0.717, 1.165) is 38.5 Å². The number of rotatable bonds is 9. The van der Waals surface area contributed by atoms with Crippen LogP contribution in [0.5, 0.6) is 0 Å². The molecule has 10 fully saturated rings. The van der Waals surface area contributed by atoms with E-state index in [1.54, 1.807) is 7.11 Å². The topological polar surface area (TPSA) is 102 Å². The lowest BCUT2D eigenvalue weighted by molar-refractivity contribution is -0.571. The molecule has 10 rings (SSSR count). The molecule has 0 aromatic carbocycles. The van der Waals surface area contributed by atoms with E-state index < -0.39 is 42.7 Å². The Morgan fingerprint density at radius 3 is 1.47 bits per heavy atom. The molecular formula is C35H57BO11. The van der Waals surface area contributed by atoms with Crippen LogP contribution in [0.15, 0.2) is 0 Å². The second kappa shape index (κ2) is 12.4. The number of hydrogen-bond acceptors (Lipinski definition) is 11. The monoisotopic (exact) mass is 664 g/mol. The van der Waals surface area contributed by atoms with Crippen LogP contribution >= 0.6 is 0 Å². The van der Waals surface area contributed by atoms with Crippen molar-refractivity contribution in [3.8, 4) is 0 Å². The first-order valence-electron chi connectivity index (χ1n) is 18.7. The fourth-order valence-corrected chi connectivity index (χ4v) is 11.4. The minimum atomic E-state index is -0.772. The van der Waals surface area contributed by atoms with Gasteiger partial charge in [0, 0.05) is 45.0 Å². The van der Waals surface area contributed by atoms with Crippen LogP contribution in [0.3, 0.4) is 0 Å². The maximum absolute atomic E-state index is 6.73. The van der Waals surface area contributed by atoms with Crippen molar-refractivity contribution in [2.75, 3.05) is 20.3 Å². The first-order valence-corrected chi connectivity index (χ1v) is 18.7. The summed E-state index contributed by atoms with van der Waals surface area (Å²) >= 11 is 0. The Labute approximate surface area is 280 Å². The van der Waals surface area contributed by atoms with E-state index in [2.05, 4.69) is 27.7 Å². The van der Waals surface area contributed by atoms with E-state index in [1.807, 2.05) is 13.8 Å². The van der Waals surface area contributed by atoms with Crippen LogP contribution in [0.4, 0.5) is 0 Å². The van der Waals surface area contributed by atoms with Gasteiger partial charge in [-0.2, -0.15) is 0 Å². The molecular weight excluding hydrogens is 607 g/mol. The Morgan fingerprint density at radius 2 is 1.04 bits per heavy atom. The number of ether oxygens (including phenoxy) is 4. The highest BCUT2D eigenvalue weighted by Crippen LogP contribution is 2.62. The van der Waals surface area contributed by atoms with Gasteiger partial charge in [0.1, 0.15) is 0 Å². The van der Waals surface area contributed by atoms with Crippen molar-refractivity contribution in [2.24, 2.45) is 47.3 Å². The quantitative estimate of drug-likeness (QED) is 0.217. The van der Waals surface area contributed by atoms with E-state index in [1.165, 1.54) is 12.8 Å². The SMILES string of the molecule is COB(OCC[C@H]1O[C@@H]2O[C@]3(C)CCC4[C@H](C)CCC([C@H]1C)[C@]42OO3)OCC[C@H]1O[C@@H]2O[C@]3(C)CCC4[C@H](C)CCC([C@H]1C)[C@]42OO3. The van der Waals surface area contributed by atoms with Crippen molar-refractivity contribution in [3.63, 3.8) is 0 Å². The maximum Gasteiger partial charge on any atom is 0.639 e. The van der Waals surface area contributed by atoms with E-state index in [0.29, 0.717) is 61.6 Å².